The van der Waals surface area contributed by atoms with Crippen LogP contribution in [0, 0.1) is 11.3 Å². The second-order valence-electron chi connectivity index (χ2n) is 5.29. The quantitative estimate of drug-likeness (QED) is 0.931. The molecule has 0 saturated heterocycles. The van der Waals surface area contributed by atoms with Crippen LogP contribution in [0.3, 0.4) is 0 Å². The van der Waals surface area contributed by atoms with Crippen molar-refractivity contribution in [2.24, 2.45) is 0 Å². The summed E-state index contributed by atoms with van der Waals surface area (Å²) in [5.41, 5.74) is 2.05. The van der Waals surface area contributed by atoms with Gasteiger partial charge in [-0.1, -0.05) is 12.1 Å². The fourth-order valence-electron chi connectivity index (χ4n) is 2.46. The molecule has 2 amide bonds. The molecule has 3 rings (SSSR count). The third kappa shape index (κ3) is 3.58. The maximum atomic E-state index is 12.1. The largest absolute Gasteiger partial charge is 0.326 e. The lowest BCUT2D eigenvalue weighted by Gasteiger charge is -2.28. The van der Waals surface area contributed by atoms with Gasteiger partial charge in [-0.3, -0.25) is 9.59 Å². The lowest BCUT2D eigenvalue weighted by molar-refractivity contribution is -0.117. The van der Waals surface area contributed by atoms with Crippen LogP contribution in [0.25, 0.3) is 0 Å². The first kappa shape index (κ1) is 16.1. The van der Waals surface area contributed by atoms with E-state index in [0.29, 0.717) is 23.5 Å². The van der Waals surface area contributed by atoms with Crippen LogP contribution >= 0.6 is 11.8 Å². The lowest BCUT2D eigenvalue weighted by atomic mass is 10.2. The van der Waals surface area contributed by atoms with Crippen molar-refractivity contribution in [3.8, 4) is 6.07 Å². The van der Waals surface area contributed by atoms with E-state index in [9.17, 15) is 9.59 Å². The van der Waals surface area contributed by atoms with Gasteiger partial charge in [0.1, 0.15) is 0 Å². The topological polar surface area (TPSA) is 73.2 Å². The third-order valence-electron chi connectivity index (χ3n) is 3.67. The zero-order chi connectivity index (χ0) is 16.9. The average Bonchev–Trinajstić information content (AvgIpc) is 2.61. The van der Waals surface area contributed by atoms with Crippen LogP contribution < -0.4 is 10.2 Å². The number of fused-ring (bicyclic) bond motifs is 1. The van der Waals surface area contributed by atoms with Gasteiger partial charge in [0.15, 0.2) is 0 Å². The summed E-state index contributed by atoms with van der Waals surface area (Å²) in [4.78, 5) is 27.0. The number of anilines is 2. The summed E-state index contributed by atoms with van der Waals surface area (Å²) in [7, 11) is 0. The highest BCUT2D eigenvalue weighted by Gasteiger charge is 2.24. The summed E-state index contributed by atoms with van der Waals surface area (Å²) in [6, 6.07) is 16.4. The van der Waals surface area contributed by atoms with E-state index in [4.69, 9.17) is 5.26 Å². The number of para-hydroxylation sites is 1. The second-order valence-corrected chi connectivity index (χ2v) is 6.31. The summed E-state index contributed by atoms with van der Waals surface area (Å²) in [5, 5.41) is 11.5. The predicted molar refractivity (Wildman–Crippen MR) is 93.9 cm³/mol. The number of nitriles is 1. The van der Waals surface area contributed by atoms with Gasteiger partial charge in [0.2, 0.25) is 11.8 Å². The molecule has 0 atom stereocenters. The number of hydrogen-bond donors (Lipinski definition) is 1. The third-order valence-corrected chi connectivity index (χ3v) is 4.72. The van der Waals surface area contributed by atoms with E-state index in [1.807, 2.05) is 30.3 Å². The fourth-order valence-corrected chi connectivity index (χ4v) is 3.40. The molecule has 1 heterocycles. The number of carbonyl (C=O) groups excluding carboxylic acids is 2. The molecule has 6 heteroatoms. The molecule has 1 aliphatic rings. The lowest BCUT2D eigenvalue weighted by Crippen LogP contribution is -2.37. The Morgan fingerprint density at radius 3 is 2.71 bits per heavy atom. The number of amides is 2. The SMILES string of the molecule is N#Cc1ccc(NC(=O)CCN2C(=O)CSc3ccccc32)cc1. The Kier molecular flexibility index (Phi) is 4.82. The van der Waals surface area contributed by atoms with Crippen LogP contribution in [0.4, 0.5) is 11.4 Å². The molecule has 5 nitrogen and oxygen atoms in total. The Bertz CT molecular complexity index is 812. The first-order valence-corrected chi connectivity index (χ1v) is 8.48. The maximum absolute atomic E-state index is 12.1. The van der Waals surface area contributed by atoms with E-state index in [0.717, 1.165) is 10.6 Å². The van der Waals surface area contributed by atoms with E-state index in [1.54, 1.807) is 29.2 Å². The minimum absolute atomic E-state index is 0.0184. The molecule has 0 bridgehead atoms. The van der Waals surface area contributed by atoms with Crippen molar-refractivity contribution < 1.29 is 9.59 Å². The molecule has 1 N–H and O–H groups in total. The van der Waals surface area contributed by atoms with E-state index in [2.05, 4.69) is 5.32 Å². The van der Waals surface area contributed by atoms with Crippen LogP contribution in [-0.4, -0.2) is 24.1 Å². The van der Waals surface area contributed by atoms with Gasteiger partial charge in [0.05, 0.1) is 23.1 Å². The molecular weight excluding hydrogens is 322 g/mol. The Balaban J connectivity index is 1.62. The van der Waals surface area contributed by atoms with Gasteiger partial charge in [-0.2, -0.15) is 5.26 Å². The Labute approximate surface area is 144 Å². The molecule has 0 fully saturated rings. The highest BCUT2D eigenvalue weighted by atomic mass is 32.2. The normalized spacial score (nSPS) is 13.1. The van der Waals surface area contributed by atoms with Crippen molar-refractivity contribution >= 4 is 35.0 Å². The van der Waals surface area contributed by atoms with Gasteiger partial charge in [-0.15, -0.1) is 11.8 Å². The Hall–Kier alpha value is -2.78. The van der Waals surface area contributed by atoms with Crippen LogP contribution in [0.5, 0.6) is 0 Å². The van der Waals surface area contributed by atoms with Gasteiger partial charge < -0.3 is 10.2 Å². The van der Waals surface area contributed by atoms with Crippen LogP contribution in [0.1, 0.15) is 12.0 Å². The molecule has 120 valence electrons. The van der Waals surface area contributed by atoms with Gasteiger partial charge in [0, 0.05) is 23.5 Å². The molecule has 2 aromatic carbocycles. The fraction of sp³-hybridized carbons (Fsp3) is 0.167. The number of nitrogens with one attached hydrogen (secondary N) is 1. The monoisotopic (exact) mass is 337 g/mol. The number of nitrogens with zero attached hydrogens (tertiary/aromatic N) is 2. The van der Waals surface area contributed by atoms with Gasteiger partial charge in [-0.05, 0) is 36.4 Å². The Morgan fingerprint density at radius 1 is 1.21 bits per heavy atom. The zero-order valence-corrected chi connectivity index (χ0v) is 13.7. The number of benzene rings is 2. The smallest absolute Gasteiger partial charge is 0.237 e. The van der Waals surface area contributed by atoms with E-state index < -0.39 is 0 Å². The summed E-state index contributed by atoms with van der Waals surface area (Å²) < 4.78 is 0. The number of thioether (sulfide) groups is 1. The van der Waals surface area contributed by atoms with Gasteiger partial charge >= 0.3 is 0 Å². The average molecular weight is 337 g/mol. The van der Waals surface area contributed by atoms with E-state index in [-0.39, 0.29) is 18.2 Å². The minimum Gasteiger partial charge on any atom is -0.326 e. The number of rotatable bonds is 4. The van der Waals surface area contributed by atoms with Crippen molar-refractivity contribution in [2.45, 2.75) is 11.3 Å². The predicted octanol–water partition coefficient (Wildman–Crippen LogP) is 3.03. The molecule has 2 aromatic rings. The molecule has 0 saturated carbocycles. The van der Waals surface area contributed by atoms with Gasteiger partial charge in [0.25, 0.3) is 0 Å². The van der Waals surface area contributed by atoms with Crippen LogP contribution in [0.15, 0.2) is 53.4 Å². The molecular formula is C18H15N3O2S. The van der Waals surface area contributed by atoms with Crippen molar-refractivity contribution in [3.63, 3.8) is 0 Å². The zero-order valence-electron chi connectivity index (χ0n) is 12.9. The highest BCUT2D eigenvalue weighted by Crippen LogP contribution is 2.34. The minimum atomic E-state index is -0.164. The Morgan fingerprint density at radius 2 is 1.96 bits per heavy atom. The molecule has 0 spiro atoms. The van der Waals surface area contributed by atoms with Crippen molar-refractivity contribution in [1.29, 1.82) is 5.26 Å². The first-order chi connectivity index (χ1) is 11.7. The summed E-state index contributed by atoms with van der Waals surface area (Å²) in [6.45, 7) is 0.346. The summed E-state index contributed by atoms with van der Waals surface area (Å²) in [5.74, 6) is 0.252. The summed E-state index contributed by atoms with van der Waals surface area (Å²) >= 11 is 1.52. The van der Waals surface area contributed by atoms with Crippen molar-refractivity contribution in [2.75, 3.05) is 22.5 Å². The van der Waals surface area contributed by atoms with Crippen LogP contribution in [-0.2, 0) is 9.59 Å². The molecule has 0 aromatic heterocycles. The molecule has 0 aliphatic carbocycles. The van der Waals surface area contributed by atoms with Crippen molar-refractivity contribution in [1.82, 2.24) is 0 Å². The molecule has 1 aliphatic heterocycles. The maximum Gasteiger partial charge on any atom is 0.237 e. The molecule has 0 radical (unpaired) electrons. The summed E-state index contributed by atoms with van der Waals surface area (Å²) in [6.07, 6.45) is 0.213. The van der Waals surface area contributed by atoms with Crippen molar-refractivity contribution in [3.05, 3.63) is 54.1 Å². The first-order valence-electron chi connectivity index (χ1n) is 7.49. The number of hydrogen-bond acceptors (Lipinski definition) is 4. The second kappa shape index (κ2) is 7.20. The highest BCUT2D eigenvalue weighted by molar-refractivity contribution is 8.00. The van der Waals surface area contributed by atoms with E-state index in [1.165, 1.54) is 11.8 Å². The number of carbonyl (C=O) groups is 2. The standard InChI is InChI=1S/C18H15N3O2S/c19-11-13-5-7-14(8-6-13)20-17(22)9-10-21-15-3-1-2-4-16(15)24-12-18(21)23/h1-8H,9-10,12H2,(H,20,22). The molecule has 0 unspecified atom stereocenters. The van der Waals surface area contributed by atoms with Crippen LogP contribution in [0.2, 0.25) is 0 Å². The van der Waals surface area contributed by atoms with Gasteiger partial charge in [-0.25, -0.2) is 0 Å². The van der Waals surface area contributed by atoms with E-state index >= 15 is 0 Å². The molecule has 24 heavy (non-hydrogen) atoms.